The average Bonchev–Trinajstić information content (AvgIpc) is 2.62. The molecule has 0 aromatic heterocycles. The monoisotopic (exact) mass is 404 g/mol. The number of benzene rings is 1. The molecule has 0 saturated carbocycles. The molecule has 2 N–H and O–H groups in total. The SMILES string of the molecule is CN=C(NCCc1ccccc1Cl)NCCS(=O)(=O)N1CCSCC1. The van der Waals surface area contributed by atoms with Crippen molar-refractivity contribution in [3.05, 3.63) is 34.9 Å². The number of thioether (sulfide) groups is 1. The average molecular weight is 405 g/mol. The fourth-order valence-corrected chi connectivity index (χ4v) is 5.21. The zero-order valence-corrected chi connectivity index (χ0v) is 16.8. The number of nitrogens with zero attached hydrogens (tertiary/aromatic N) is 2. The van der Waals surface area contributed by atoms with E-state index in [4.69, 9.17) is 11.6 Å². The number of nitrogens with one attached hydrogen (secondary N) is 2. The highest BCUT2D eigenvalue weighted by molar-refractivity contribution is 7.99. The van der Waals surface area contributed by atoms with Gasteiger partial charge in [-0.25, -0.2) is 12.7 Å². The van der Waals surface area contributed by atoms with Gasteiger partial charge in [0.25, 0.3) is 0 Å². The number of aliphatic imine (C=N–C) groups is 1. The minimum Gasteiger partial charge on any atom is -0.356 e. The molecule has 6 nitrogen and oxygen atoms in total. The van der Waals surface area contributed by atoms with Gasteiger partial charge in [0.1, 0.15) is 0 Å². The van der Waals surface area contributed by atoms with Gasteiger partial charge in [0.15, 0.2) is 5.96 Å². The second kappa shape index (κ2) is 10.3. The first-order valence-corrected chi connectivity index (χ1v) is 11.4. The summed E-state index contributed by atoms with van der Waals surface area (Å²) in [5.74, 6) is 2.41. The summed E-state index contributed by atoms with van der Waals surface area (Å²) in [6.07, 6.45) is 0.768. The standard InChI is InChI=1S/C16H25ClN4O2S2/c1-18-16(19-7-6-14-4-2-3-5-15(14)17)20-8-13-25(22,23)21-9-11-24-12-10-21/h2-5H,6-13H2,1H3,(H2,18,19,20). The molecule has 25 heavy (non-hydrogen) atoms. The van der Waals surface area contributed by atoms with Gasteiger partial charge in [-0.1, -0.05) is 29.8 Å². The Labute approximate surface area is 159 Å². The fraction of sp³-hybridized carbons (Fsp3) is 0.562. The van der Waals surface area contributed by atoms with Gasteiger partial charge in [-0.2, -0.15) is 11.8 Å². The predicted molar refractivity (Wildman–Crippen MR) is 107 cm³/mol. The summed E-state index contributed by atoms with van der Waals surface area (Å²) in [4.78, 5) is 4.12. The van der Waals surface area contributed by atoms with Crippen molar-refractivity contribution < 1.29 is 8.42 Å². The first-order valence-electron chi connectivity index (χ1n) is 8.26. The third-order valence-electron chi connectivity index (χ3n) is 3.88. The van der Waals surface area contributed by atoms with Crippen LogP contribution in [0.5, 0.6) is 0 Å². The van der Waals surface area contributed by atoms with Gasteiger partial charge >= 0.3 is 0 Å². The van der Waals surface area contributed by atoms with Crippen LogP contribution in [0.25, 0.3) is 0 Å². The van der Waals surface area contributed by atoms with Crippen LogP contribution in [0.4, 0.5) is 0 Å². The van der Waals surface area contributed by atoms with E-state index in [9.17, 15) is 8.42 Å². The molecule has 0 bridgehead atoms. The smallest absolute Gasteiger partial charge is 0.215 e. The van der Waals surface area contributed by atoms with Crippen molar-refractivity contribution >= 4 is 39.3 Å². The summed E-state index contributed by atoms with van der Waals surface area (Å²) in [6.45, 7) is 2.22. The summed E-state index contributed by atoms with van der Waals surface area (Å²) in [5.41, 5.74) is 1.07. The molecule has 1 aliphatic rings. The molecule has 1 aliphatic heterocycles. The zero-order valence-electron chi connectivity index (χ0n) is 14.4. The molecule has 9 heteroatoms. The lowest BCUT2D eigenvalue weighted by atomic mass is 10.1. The molecule has 1 aromatic carbocycles. The quantitative estimate of drug-likeness (QED) is 0.531. The normalized spacial score (nSPS) is 16.6. The molecule has 1 fully saturated rings. The van der Waals surface area contributed by atoms with E-state index in [0.29, 0.717) is 32.1 Å². The Morgan fingerprint density at radius 3 is 2.60 bits per heavy atom. The molecule has 1 heterocycles. The number of hydrogen-bond donors (Lipinski definition) is 2. The summed E-state index contributed by atoms with van der Waals surface area (Å²) in [6, 6.07) is 7.72. The third-order valence-corrected chi connectivity index (χ3v) is 7.07. The molecule has 2 rings (SSSR count). The lowest BCUT2D eigenvalue weighted by Crippen LogP contribution is -2.44. The van der Waals surface area contributed by atoms with Gasteiger partial charge in [0.2, 0.25) is 10.0 Å². The Bertz CT molecular complexity index is 676. The first-order chi connectivity index (χ1) is 12.0. The van der Waals surface area contributed by atoms with Gasteiger partial charge in [-0.3, -0.25) is 4.99 Å². The molecule has 0 atom stereocenters. The summed E-state index contributed by atoms with van der Waals surface area (Å²) in [5, 5.41) is 6.99. The minimum absolute atomic E-state index is 0.0723. The van der Waals surface area contributed by atoms with Crippen molar-refractivity contribution in [2.45, 2.75) is 6.42 Å². The van der Waals surface area contributed by atoms with E-state index >= 15 is 0 Å². The molecule has 0 amide bonds. The fourth-order valence-electron chi connectivity index (χ4n) is 2.49. The molecule has 0 radical (unpaired) electrons. The zero-order chi connectivity index (χ0) is 18.1. The molecule has 0 unspecified atom stereocenters. The maximum atomic E-state index is 12.3. The van der Waals surface area contributed by atoms with Crippen LogP contribution in [0, 0.1) is 0 Å². The van der Waals surface area contributed by atoms with Crippen molar-refractivity contribution in [1.29, 1.82) is 0 Å². The van der Waals surface area contributed by atoms with Crippen LogP contribution in [0.3, 0.4) is 0 Å². The van der Waals surface area contributed by atoms with Crippen LogP contribution >= 0.6 is 23.4 Å². The van der Waals surface area contributed by atoms with Crippen molar-refractivity contribution in [3.63, 3.8) is 0 Å². The van der Waals surface area contributed by atoms with Gasteiger partial charge in [0, 0.05) is 49.8 Å². The van der Waals surface area contributed by atoms with Crippen molar-refractivity contribution in [2.24, 2.45) is 4.99 Å². The Hall–Kier alpha value is -0.960. The van der Waals surface area contributed by atoms with Crippen molar-refractivity contribution in [2.75, 3.05) is 50.5 Å². The topological polar surface area (TPSA) is 73.8 Å². The predicted octanol–water partition coefficient (Wildman–Crippen LogP) is 1.43. The lowest BCUT2D eigenvalue weighted by molar-refractivity contribution is 0.443. The Kier molecular flexibility index (Phi) is 8.35. The molecule has 140 valence electrons. The molecule has 1 aromatic rings. The number of halogens is 1. The van der Waals surface area contributed by atoms with Gasteiger partial charge < -0.3 is 10.6 Å². The van der Waals surface area contributed by atoms with E-state index in [-0.39, 0.29) is 5.75 Å². The Balaban J connectivity index is 1.72. The molecule has 1 saturated heterocycles. The summed E-state index contributed by atoms with van der Waals surface area (Å²) >= 11 is 7.93. The van der Waals surface area contributed by atoms with E-state index in [0.717, 1.165) is 28.5 Å². The summed E-state index contributed by atoms with van der Waals surface area (Å²) < 4.78 is 26.2. The van der Waals surface area contributed by atoms with Crippen LogP contribution < -0.4 is 10.6 Å². The van der Waals surface area contributed by atoms with E-state index in [1.165, 1.54) is 0 Å². The second-order valence-corrected chi connectivity index (χ2v) is 9.32. The summed E-state index contributed by atoms with van der Waals surface area (Å²) in [7, 11) is -1.53. The Morgan fingerprint density at radius 2 is 1.92 bits per heavy atom. The van der Waals surface area contributed by atoms with Crippen molar-refractivity contribution in [3.8, 4) is 0 Å². The van der Waals surface area contributed by atoms with E-state index in [2.05, 4.69) is 15.6 Å². The number of hydrogen-bond acceptors (Lipinski definition) is 4. The van der Waals surface area contributed by atoms with E-state index in [1.807, 2.05) is 24.3 Å². The first kappa shape index (κ1) is 20.4. The third kappa shape index (κ3) is 6.69. The van der Waals surface area contributed by atoms with E-state index < -0.39 is 10.0 Å². The van der Waals surface area contributed by atoms with Gasteiger partial charge in [-0.15, -0.1) is 0 Å². The Morgan fingerprint density at radius 1 is 1.24 bits per heavy atom. The maximum absolute atomic E-state index is 12.3. The highest BCUT2D eigenvalue weighted by Gasteiger charge is 2.23. The second-order valence-electron chi connectivity index (χ2n) is 5.59. The largest absolute Gasteiger partial charge is 0.356 e. The van der Waals surface area contributed by atoms with Crippen LogP contribution in [0.2, 0.25) is 5.02 Å². The van der Waals surface area contributed by atoms with Crippen LogP contribution in [0.15, 0.2) is 29.3 Å². The lowest BCUT2D eigenvalue weighted by Gasteiger charge is -2.25. The molecule has 0 aliphatic carbocycles. The molecule has 0 spiro atoms. The molecular formula is C16H25ClN4O2S2. The maximum Gasteiger partial charge on any atom is 0.215 e. The van der Waals surface area contributed by atoms with Crippen LogP contribution in [0.1, 0.15) is 5.56 Å². The minimum atomic E-state index is -3.20. The van der Waals surface area contributed by atoms with Crippen LogP contribution in [-0.2, 0) is 16.4 Å². The highest BCUT2D eigenvalue weighted by Crippen LogP contribution is 2.15. The highest BCUT2D eigenvalue weighted by atomic mass is 35.5. The van der Waals surface area contributed by atoms with Crippen molar-refractivity contribution in [1.82, 2.24) is 14.9 Å². The number of rotatable bonds is 7. The molecular weight excluding hydrogens is 380 g/mol. The van der Waals surface area contributed by atoms with Gasteiger partial charge in [0.05, 0.1) is 5.75 Å². The van der Waals surface area contributed by atoms with Gasteiger partial charge in [-0.05, 0) is 18.1 Å². The number of guanidine groups is 1. The van der Waals surface area contributed by atoms with Crippen LogP contribution in [-0.4, -0.2) is 69.2 Å². The number of sulfonamides is 1. The van der Waals surface area contributed by atoms with E-state index in [1.54, 1.807) is 23.1 Å².